The number of unbranched alkanes of at least 4 members (excludes halogenated alkanes) is 5. The summed E-state index contributed by atoms with van der Waals surface area (Å²) in [5.41, 5.74) is 7.40. The number of amides is 1. The second-order valence-electron chi connectivity index (χ2n) is 5.41. The molecule has 0 atom stereocenters. The van der Waals surface area contributed by atoms with E-state index in [1.54, 1.807) is 0 Å². The van der Waals surface area contributed by atoms with Crippen LogP contribution < -0.4 is 11.1 Å². The number of nitrogens with two attached hydrogens (primary N) is 1. The van der Waals surface area contributed by atoms with Gasteiger partial charge in [-0.15, -0.1) is 0 Å². The standard InChI is InChI=1S/C17H26N2OS/c1-2-3-4-5-6-7-8-17(20)19-15-11-9-14(10-12-15)13-16(18)21/h9-12H,2-8,13H2,1H3,(H2,18,21)(H,19,20). The van der Waals surface area contributed by atoms with Gasteiger partial charge in [-0.3, -0.25) is 4.79 Å². The SMILES string of the molecule is CCCCCCCCC(=O)Nc1ccc(CC(N)=S)cc1. The largest absolute Gasteiger partial charge is 0.393 e. The lowest BCUT2D eigenvalue weighted by atomic mass is 10.1. The fraction of sp³-hybridized carbons (Fsp3) is 0.529. The van der Waals surface area contributed by atoms with Crippen LogP contribution >= 0.6 is 12.2 Å². The second kappa shape index (κ2) is 10.3. The molecule has 4 heteroatoms. The Morgan fingerprint density at radius 3 is 2.33 bits per heavy atom. The smallest absolute Gasteiger partial charge is 0.224 e. The van der Waals surface area contributed by atoms with Crippen LogP contribution in [0, 0.1) is 0 Å². The maximum Gasteiger partial charge on any atom is 0.224 e. The lowest BCUT2D eigenvalue weighted by molar-refractivity contribution is -0.116. The third-order valence-electron chi connectivity index (χ3n) is 3.37. The highest BCUT2D eigenvalue weighted by Crippen LogP contribution is 2.12. The number of hydrogen-bond acceptors (Lipinski definition) is 2. The van der Waals surface area contributed by atoms with Crippen molar-refractivity contribution >= 4 is 28.8 Å². The van der Waals surface area contributed by atoms with Gasteiger partial charge in [-0.05, 0) is 24.1 Å². The van der Waals surface area contributed by atoms with Crippen molar-refractivity contribution in [3.8, 4) is 0 Å². The molecule has 0 saturated carbocycles. The molecule has 0 bridgehead atoms. The number of thiocarbonyl (C=S) groups is 1. The van der Waals surface area contributed by atoms with Gasteiger partial charge in [-0.1, -0.05) is 63.4 Å². The van der Waals surface area contributed by atoms with Crippen molar-refractivity contribution in [3.05, 3.63) is 29.8 Å². The van der Waals surface area contributed by atoms with Gasteiger partial charge in [0.2, 0.25) is 5.91 Å². The summed E-state index contributed by atoms with van der Waals surface area (Å²) in [6.45, 7) is 2.21. The highest BCUT2D eigenvalue weighted by Gasteiger charge is 2.03. The highest BCUT2D eigenvalue weighted by molar-refractivity contribution is 7.80. The molecule has 0 aliphatic carbocycles. The van der Waals surface area contributed by atoms with Crippen LogP contribution in [0.4, 0.5) is 5.69 Å². The lowest BCUT2D eigenvalue weighted by Crippen LogP contribution is -2.12. The summed E-state index contributed by atoms with van der Waals surface area (Å²) in [4.78, 5) is 12.3. The fourth-order valence-electron chi connectivity index (χ4n) is 2.20. The number of carbonyl (C=O) groups is 1. The third-order valence-corrected chi connectivity index (χ3v) is 3.52. The van der Waals surface area contributed by atoms with Gasteiger partial charge in [0.1, 0.15) is 0 Å². The van der Waals surface area contributed by atoms with E-state index in [1.165, 1.54) is 25.7 Å². The van der Waals surface area contributed by atoms with E-state index in [9.17, 15) is 4.79 Å². The Labute approximate surface area is 133 Å². The van der Waals surface area contributed by atoms with Crippen LogP contribution in [-0.2, 0) is 11.2 Å². The molecule has 1 amide bonds. The number of nitrogens with one attached hydrogen (secondary N) is 1. The first-order valence-electron chi connectivity index (χ1n) is 7.79. The average molecular weight is 306 g/mol. The van der Waals surface area contributed by atoms with Gasteiger partial charge in [0.05, 0.1) is 4.99 Å². The molecule has 1 aromatic carbocycles. The van der Waals surface area contributed by atoms with Gasteiger partial charge in [0.15, 0.2) is 0 Å². The zero-order valence-corrected chi connectivity index (χ0v) is 13.7. The van der Waals surface area contributed by atoms with E-state index in [0.717, 1.165) is 24.1 Å². The van der Waals surface area contributed by atoms with E-state index in [2.05, 4.69) is 12.2 Å². The summed E-state index contributed by atoms with van der Waals surface area (Å²) in [5.74, 6) is 0.0904. The van der Waals surface area contributed by atoms with Gasteiger partial charge in [-0.25, -0.2) is 0 Å². The molecule has 0 aliphatic rings. The molecule has 0 aromatic heterocycles. The zero-order chi connectivity index (χ0) is 15.5. The van der Waals surface area contributed by atoms with Crippen molar-refractivity contribution in [3.63, 3.8) is 0 Å². The summed E-state index contributed by atoms with van der Waals surface area (Å²) in [6.07, 6.45) is 8.37. The van der Waals surface area contributed by atoms with Crippen LogP contribution in [0.2, 0.25) is 0 Å². The molecule has 0 fully saturated rings. The Hall–Kier alpha value is -1.42. The van der Waals surface area contributed by atoms with Gasteiger partial charge in [0, 0.05) is 18.5 Å². The molecule has 0 heterocycles. The molecule has 116 valence electrons. The van der Waals surface area contributed by atoms with E-state index in [0.29, 0.717) is 17.8 Å². The molecule has 1 rings (SSSR count). The van der Waals surface area contributed by atoms with Crippen LogP contribution in [0.25, 0.3) is 0 Å². The van der Waals surface area contributed by atoms with Gasteiger partial charge in [-0.2, -0.15) is 0 Å². The van der Waals surface area contributed by atoms with E-state index < -0.39 is 0 Å². The molecular formula is C17H26N2OS. The molecule has 3 nitrogen and oxygen atoms in total. The highest BCUT2D eigenvalue weighted by atomic mass is 32.1. The van der Waals surface area contributed by atoms with Gasteiger partial charge in [0.25, 0.3) is 0 Å². The fourth-order valence-corrected chi connectivity index (χ4v) is 2.36. The topological polar surface area (TPSA) is 55.1 Å². The predicted octanol–water partition coefficient (Wildman–Crippen LogP) is 4.20. The van der Waals surface area contributed by atoms with E-state index in [1.807, 2.05) is 24.3 Å². The average Bonchev–Trinajstić information content (AvgIpc) is 2.44. The number of carbonyl (C=O) groups excluding carboxylic acids is 1. The van der Waals surface area contributed by atoms with E-state index in [4.69, 9.17) is 18.0 Å². The molecule has 0 radical (unpaired) electrons. The first-order chi connectivity index (χ1) is 10.1. The van der Waals surface area contributed by atoms with Crippen LogP contribution in [0.15, 0.2) is 24.3 Å². The maximum atomic E-state index is 11.8. The minimum absolute atomic E-state index is 0.0904. The predicted molar refractivity (Wildman–Crippen MR) is 93.6 cm³/mol. The zero-order valence-electron chi connectivity index (χ0n) is 12.9. The summed E-state index contributed by atoms with van der Waals surface area (Å²) < 4.78 is 0. The quantitative estimate of drug-likeness (QED) is 0.503. The maximum absolute atomic E-state index is 11.8. The summed E-state index contributed by atoms with van der Waals surface area (Å²) in [5, 5.41) is 2.92. The Morgan fingerprint density at radius 2 is 1.71 bits per heavy atom. The van der Waals surface area contributed by atoms with Crippen LogP contribution in [0.3, 0.4) is 0 Å². The third kappa shape index (κ3) is 8.45. The monoisotopic (exact) mass is 306 g/mol. The van der Waals surface area contributed by atoms with Crippen molar-refractivity contribution in [2.24, 2.45) is 5.73 Å². The van der Waals surface area contributed by atoms with Gasteiger partial charge >= 0.3 is 0 Å². The number of hydrogen-bond donors (Lipinski definition) is 2. The van der Waals surface area contributed by atoms with Crippen molar-refractivity contribution in [2.45, 2.75) is 58.3 Å². The van der Waals surface area contributed by atoms with E-state index in [-0.39, 0.29) is 5.91 Å². The minimum atomic E-state index is 0.0904. The van der Waals surface area contributed by atoms with Gasteiger partial charge < -0.3 is 11.1 Å². The summed E-state index contributed by atoms with van der Waals surface area (Å²) in [6, 6.07) is 7.68. The lowest BCUT2D eigenvalue weighted by Gasteiger charge is -2.06. The Balaban J connectivity index is 2.23. The van der Waals surface area contributed by atoms with Crippen LogP contribution in [0.1, 0.15) is 57.4 Å². The summed E-state index contributed by atoms with van der Waals surface area (Å²) in [7, 11) is 0. The van der Waals surface area contributed by atoms with Crippen LogP contribution in [-0.4, -0.2) is 10.9 Å². The molecule has 0 unspecified atom stereocenters. The summed E-state index contributed by atoms with van der Waals surface area (Å²) >= 11 is 4.87. The number of rotatable bonds is 10. The Kier molecular flexibility index (Phi) is 8.67. The second-order valence-corrected chi connectivity index (χ2v) is 5.93. The molecule has 0 spiro atoms. The first kappa shape index (κ1) is 17.6. The van der Waals surface area contributed by atoms with Crippen molar-refractivity contribution < 1.29 is 4.79 Å². The van der Waals surface area contributed by atoms with Crippen molar-refractivity contribution in [1.29, 1.82) is 0 Å². The van der Waals surface area contributed by atoms with E-state index >= 15 is 0 Å². The van der Waals surface area contributed by atoms with Crippen molar-refractivity contribution in [1.82, 2.24) is 0 Å². The van der Waals surface area contributed by atoms with Crippen LogP contribution in [0.5, 0.6) is 0 Å². The normalized spacial score (nSPS) is 10.3. The van der Waals surface area contributed by atoms with Crippen molar-refractivity contribution in [2.75, 3.05) is 5.32 Å². The molecule has 3 N–H and O–H groups in total. The Morgan fingerprint density at radius 1 is 1.10 bits per heavy atom. The molecular weight excluding hydrogens is 280 g/mol. The Bertz CT molecular complexity index is 443. The number of benzene rings is 1. The molecule has 21 heavy (non-hydrogen) atoms. The number of anilines is 1. The first-order valence-corrected chi connectivity index (χ1v) is 8.19. The minimum Gasteiger partial charge on any atom is -0.393 e. The molecule has 0 aliphatic heterocycles. The molecule has 0 saturated heterocycles. The molecule has 1 aromatic rings.